The molecule has 0 aliphatic rings. The number of primary sulfonamides is 1. The van der Waals surface area contributed by atoms with E-state index in [0.29, 0.717) is 28.6 Å². The Bertz CT molecular complexity index is 1140. The Morgan fingerprint density at radius 3 is 2.40 bits per heavy atom. The molecule has 158 valence electrons. The number of sulfonamides is 1. The Balaban J connectivity index is 1.65. The van der Waals surface area contributed by atoms with Gasteiger partial charge in [-0.2, -0.15) is 0 Å². The van der Waals surface area contributed by atoms with Gasteiger partial charge in [0.05, 0.1) is 17.0 Å². The molecule has 0 fully saturated rings. The lowest BCUT2D eigenvalue weighted by atomic mass is 10.2. The summed E-state index contributed by atoms with van der Waals surface area (Å²) in [6.45, 7) is 0.651. The summed E-state index contributed by atoms with van der Waals surface area (Å²) in [5.41, 5.74) is 2.33. The molecule has 30 heavy (non-hydrogen) atoms. The average Bonchev–Trinajstić information content (AvgIpc) is 2.71. The molecule has 0 saturated carbocycles. The molecular formula is C21H20ClFN2O4S. The number of rotatable bonds is 8. The molecular weight excluding hydrogens is 431 g/mol. The number of anilines is 1. The van der Waals surface area contributed by atoms with Crippen molar-refractivity contribution >= 4 is 27.3 Å². The summed E-state index contributed by atoms with van der Waals surface area (Å²) in [6.07, 6.45) is 0. The van der Waals surface area contributed by atoms with Crippen LogP contribution in [0.15, 0.2) is 65.6 Å². The zero-order chi connectivity index (χ0) is 21.7. The minimum atomic E-state index is -3.72. The van der Waals surface area contributed by atoms with Gasteiger partial charge in [-0.15, -0.1) is 0 Å². The summed E-state index contributed by atoms with van der Waals surface area (Å²) in [4.78, 5) is 0.0532. The first-order valence-electron chi connectivity index (χ1n) is 8.86. The summed E-state index contributed by atoms with van der Waals surface area (Å²) in [5.74, 6) is 0.661. The predicted octanol–water partition coefficient (Wildman–Crippen LogP) is 4.33. The van der Waals surface area contributed by atoms with Gasteiger partial charge in [0.25, 0.3) is 0 Å². The lowest BCUT2D eigenvalue weighted by Gasteiger charge is -2.14. The largest absolute Gasteiger partial charge is 0.493 e. The number of benzene rings is 3. The highest BCUT2D eigenvalue weighted by molar-refractivity contribution is 7.89. The Morgan fingerprint density at radius 1 is 1.03 bits per heavy atom. The molecule has 0 radical (unpaired) electrons. The smallest absolute Gasteiger partial charge is 0.238 e. The Morgan fingerprint density at radius 2 is 1.77 bits per heavy atom. The van der Waals surface area contributed by atoms with Crippen LogP contribution in [0.4, 0.5) is 10.1 Å². The molecule has 3 aromatic carbocycles. The van der Waals surface area contributed by atoms with Crippen LogP contribution in [0.25, 0.3) is 0 Å². The predicted molar refractivity (Wildman–Crippen MR) is 114 cm³/mol. The van der Waals surface area contributed by atoms with Crippen LogP contribution in [0.3, 0.4) is 0 Å². The molecule has 0 aromatic heterocycles. The van der Waals surface area contributed by atoms with Crippen molar-refractivity contribution in [2.45, 2.75) is 18.0 Å². The summed E-state index contributed by atoms with van der Waals surface area (Å²) in [6, 6.07) is 15.8. The number of hydrogen-bond donors (Lipinski definition) is 2. The zero-order valence-electron chi connectivity index (χ0n) is 16.1. The second-order valence-electron chi connectivity index (χ2n) is 6.43. The molecule has 0 unspecified atom stereocenters. The van der Waals surface area contributed by atoms with E-state index in [1.807, 2.05) is 12.1 Å². The fourth-order valence-corrected chi connectivity index (χ4v) is 3.44. The van der Waals surface area contributed by atoms with Gasteiger partial charge in [0.2, 0.25) is 10.0 Å². The lowest BCUT2D eigenvalue weighted by molar-refractivity contribution is 0.284. The molecule has 9 heteroatoms. The number of methoxy groups -OCH3 is 1. The van der Waals surface area contributed by atoms with Gasteiger partial charge in [-0.25, -0.2) is 17.9 Å². The number of nitrogens with one attached hydrogen (secondary N) is 1. The standard InChI is InChI=1S/C21H20ClFN2O4S/c1-28-21-10-14(12-25-17-5-7-18(8-6-17)30(24,26)27)2-9-20(21)29-13-15-3-4-16(23)11-19(15)22/h2-11,25H,12-13H2,1H3,(H2,24,26,27). The van der Waals surface area contributed by atoms with Crippen molar-refractivity contribution in [2.24, 2.45) is 5.14 Å². The van der Waals surface area contributed by atoms with E-state index in [2.05, 4.69) is 5.32 Å². The molecule has 0 heterocycles. The van der Waals surface area contributed by atoms with Gasteiger partial charge in [0, 0.05) is 17.8 Å². The molecule has 3 rings (SSSR count). The van der Waals surface area contributed by atoms with Gasteiger partial charge in [-0.1, -0.05) is 23.7 Å². The van der Waals surface area contributed by atoms with Crippen molar-refractivity contribution in [3.8, 4) is 11.5 Å². The first kappa shape index (κ1) is 21.9. The molecule has 0 aliphatic heterocycles. The van der Waals surface area contributed by atoms with E-state index in [1.54, 1.807) is 24.3 Å². The van der Waals surface area contributed by atoms with Gasteiger partial charge < -0.3 is 14.8 Å². The molecule has 0 amide bonds. The molecule has 0 aliphatic carbocycles. The van der Waals surface area contributed by atoms with Gasteiger partial charge >= 0.3 is 0 Å². The normalized spacial score (nSPS) is 11.2. The highest BCUT2D eigenvalue weighted by Gasteiger charge is 2.09. The summed E-state index contributed by atoms with van der Waals surface area (Å²) in [5, 5.41) is 8.59. The van der Waals surface area contributed by atoms with Crippen LogP contribution in [-0.4, -0.2) is 15.5 Å². The molecule has 0 spiro atoms. The van der Waals surface area contributed by atoms with Crippen LogP contribution in [0.2, 0.25) is 5.02 Å². The van der Waals surface area contributed by atoms with Crippen LogP contribution in [0.5, 0.6) is 11.5 Å². The van der Waals surface area contributed by atoms with Gasteiger partial charge in [0.1, 0.15) is 12.4 Å². The molecule has 0 bridgehead atoms. The number of hydrogen-bond acceptors (Lipinski definition) is 5. The molecule has 3 aromatic rings. The third kappa shape index (κ3) is 5.63. The third-order valence-corrected chi connectivity index (χ3v) is 5.59. The quantitative estimate of drug-likeness (QED) is 0.533. The highest BCUT2D eigenvalue weighted by Crippen LogP contribution is 2.30. The topological polar surface area (TPSA) is 90.6 Å². The van der Waals surface area contributed by atoms with E-state index < -0.39 is 15.8 Å². The highest BCUT2D eigenvalue weighted by atomic mass is 35.5. The fourth-order valence-electron chi connectivity index (χ4n) is 2.70. The van der Waals surface area contributed by atoms with Crippen LogP contribution < -0.4 is 19.9 Å². The monoisotopic (exact) mass is 450 g/mol. The first-order chi connectivity index (χ1) is 14.3. The van der Waals surface area contributed by atoms with Crippen LogP contribution in [0.1, 0.15) is 11.1 Å². The van der Waals surface area contributed by atoms with Crippen molar-refractivity contribution in [2.75, 3.05) is 12.4 Å². The van der Waals surface area contributed by atoms with E-state index in [0.717, 1.165) is 11.3 Å². The Hall–Kier alpha value is -2.81. The molecule has 0 saturated heterocycles. The first-order valence-corrected chi connectivity index (χ1v) is 10.8. The van der Waals surface area contributed by atoms with Crippen molar-refractivity contribution < 1.29 is 22.3 Å². The Kier molecular flexibility index (Phi) is 6.81. The van der Waals surface area contributed by atoms with Crippen LogP contribution in [-0.2, 0) is 23.2 Å². The van der Waals surface area contributed by atoms with Gasteiger partial charge in [0.15, 0.2) is 11.5 Å². The number of ether oxygens (including phenoxy) is 2. The molecule has 3 N–H and O–H groups in total. The maximum absolute atomic E-state index is 13.2. The minimum Gasteiger partial charge on any atom is -0.493 e. The molecule has 0 atom stereocenters. The third-order valence-electron chi connectivity index (χ3n) is 4.31. The van der Waals surface area contributed by atoms with Crippen molar-refractivity contribution in [1.29, 1.82) is 0 Å². The maximum atomic E-state index is 13.2. The van der Waals surface area contributed by atoms with E-state index in [-0.39, 0.29) is 11.5 Å². The maximum Gasteiger partial charge on any atom is 0.238 e. The Labute approximate surface area is 179 Å². The van der Waals surface area contributed by atoms with Crippen molar-refractivity contribution in [3.05, 3.63) is 82.6 Å². The van der Waals surface area contributed by atoms with E-state index in [9.17, 15) is 12.8 Å². The number of nitrogens with two attached hydrogens (primary N) is 1. The second-order valence-corrected chi connectivity index (χ2v) is 8.40. The zero-order valence-corrected chi connectivity index (χ0v) is 17.6. The second kappa shape index (κ2) is 9.34. The lowest BCUT2D eigenvalue weighted by Crippen LogP contribution is -2.12. The van der Waals surface area contributed by atoms with Crippen LogP contribution >= 0.6 is 11.6 Å². The SMILES string of the molecule is COc1cc(CNc2ccc(S(N)(=O)=O)cc2)ccc1OCc1ccc(F)cc1Cl. The minimum absolute atomic E-state index is 0.0532. The summed E-state index contributed by atoms with van der Waals surface area (Å²) >= 11 is 6.03. The average molecular weight is 451 g/mol. The van der Waals surface area contributed by atoms with E-state index in [1.165, 1.54) is 31.4 Å². The number of halogens is 2. The fraction of sp³-hybridized carbons (Fsp3) is 0.143. The van der Waals surface area contributed by atoms with Crippen molar-refractivity contribution in [1.82, 2.24) is 0 Å². The summed E-state index contributed by atoms with van der Waals surface area (Å²) in [7, 11) is -2.18. The van der Waals surface area contributed by atoms with Gasteiger partial charge in [-0.3, -0.25) is 0 Å². The van der Waals surface area contributed by atoms with E-state index in [4.69, 9.17) is 26.2 Å². The van der Waals surface area contributed by atoms with E-state index >= 15 is 0 Å². The van der Waals surface area contributed by atoms with Crippen molar-refractivity contribution in [3.63, 3.8) is 0 Å². The van der Waals surface area contributed by atoms with Gasteiger partial charge in [-0.05, 0) is 54.1 Å². The summed E-state index contributed by atoms with van der Waals surface area (Å²) < 4.78 is 47.0. The van der Waals surface area contributed by atoms with Crippen LogP contribution in [0, 0.1) is 5.82 Å². The molecule has 6 nitrogen and oxygen atoms in total.